The Balaban J connectivity index is 2.01. The second kappa shape index (κ2) is 12.5. The zero-order valence-corrected chi connectivity index (χ0v) is 22.7. The van der Waals surface area contributed by atoms with Gasteiger partial charge in [-0.15, -0.1) is 0 Å². The molecule has 0 bridgehead atoms. The smallest absolute Gasteiger partial charge is 0.264 e. The third-order valence-corrected chi connectivity index (χ3v) is 8.16. The number of sulfonamides is 1. The summed E-state index contributed by atoms with van der Waals surface area (Å²) in [6, 6.07) is 22.6. The van der Waals surface area contributed by atoms with Gasteiger partial charge in [0.15, 0.2) is 0 Å². The third-order valence-electron chi connectivity index (χ3n) is 6.39. The van der Waals surface area contributed by atoms with Crippen LogP contribution >= 0.6 is 0 Å². The lowest BCUT2D eigenvalue weighted by Gasteiger charge is -2.33. The molecule has 0 saturated carbocycles. The second-order valence-corrected chi connectivity index (χ2v) is 10.8. The molecule has 0 aromatic heterocycles. The maximum absolute atomic E-state index is 13.9. The fraction of sp³-hybridized carbons (Fsp3) is 0.310. The van der Waals surface area contributed by atoms with Crippen molar-refractivity contribution in [3.8, 4) is 0 Å². The number of amides is 2. The molecule has 196 valence electrons. The topological polar surface area (TPSA) is 86.8 Å². The first kappa shape index (κ1) is 27.9. The molecule has 0 aliphatic carbocycles. The highest BCUT2D eigenvalue weighted by molar-refractivity contribution is 7.92. The minimum Gasteiger partial charge on any atom is -0.357 e. The van der Waals surface area contributed by atoms with Gasteiger partial charge < -0.3 is 10.2 Å². The van der Waals surface area contributed by atoms with Crippen LogP contribution in [0.15, 0.2) is 83.8 Å². The van der Waals surface area contributed by atoms with Crippen LogP contribution in [0.25, 0.3) is 0 Å². The van der Waals surface area contributed by atoms with E-state index in [1.54, 1.807) is 36.4 Å². The molecule has 0 heterocycles. The molecule has 2 amide bonds. The van der Waals surface area contributed by atoms with Crippen molar-refractivity contribution in [1.29, 1.82) is 0 Å². The van der Waals surface area contributed by atoms with E-state index in [1.165, 1.54) is 11.9 Å². The molecule has 0 aliphatic rings. The zero-order chi connectivity index (χ0) is 27.0. The summed E-state index contributed by atoms with van der Waals surface area (Å²) < 4.78 is 28.8. The lowest BCUT2D eigenvalue weighted by molar-refractivity contribution is -0.139. The molecule has 3 aromatic carbocycles. The Hall–Kier alpha value is -3.65. The summed E-state index contributed by atoms with van der Waals surface area (Å²) in [4.78, 5) is 28.2. The average Bonchev–Trinajstić information content (AvgIpc) is 2.90. The van der Waals surface area contributed by atoms with Crippen LogP contribution in [0.1, 0.15) is 30.0 Å². The molecule has 3 rings (SSSR count). The Kier molecular flexibility index (Phi) is 9.47. The number of carbonyl (C=O) groups is 2. The summed E-state index contributed by atoms with van der Waals surface area (Å²) in [5, 5.41) is 2.64. The van der Waals surface area contributed by atoms with Crippen molar-refractivity contribution in [2.45, 2.75) is 44.6 Å². The largest absolute Gasteiger partial charge is 0.357 e. The van der Waals surface area contributed by atoms with E-state index < -0.39 is 28.5 Å². The summed E-state index contributed by atoms with van der Waals surface area (Å²) in [5.74, 6) is -0.724. The van der Waals surface area contributed by atoms with Crippen molar-refractivity contribution in [2.24, 2.45) is 0 Å². The van der Waals surface area contributed by atoms with Crippen molar-refractivity contribution >= 4 is 27.5 Å². The van der Waals surface area contributed by atoms with Gasteiger partial charge in [-0.1, -0.05) is 73.2 Å². The number of nitrogens with zero attached hydrogens (tertiary/aromatic N) is 2. The molecule has 0 radical (unpaired) electrons. The zero-order valence-electron chi connectivity index (χ0n) is 21.8. The van der Waals surface area contributed by atoms with E-state index in [4.69, 9.17) is 0 Å². The molecular weight excluding hydrogens is 486 g/mol. The number of benzene rings is 3. The monoisotopic (exact) mass is 521 g/mol. The Morgan fingerprint density at radius 1 is 0.892 bits per heavy atom. The van der Waals surface area contributed by atoms with Gasteiger partial charge in [0.1, 0.15) is 12.6 Å². The summed E-state index contributed by atoms with van der Waals surface area (Å²) in [7, 11) is -2.53. The molecule has 0 aliphatic heterocycles. The number of aryl methyl sites for hydroxylation is 2. The van der Waals surface area contributed by atoms with Crippen molar-refractivity contribution in [3.05, 3.63) is 95.6 Å². The Morgan fingerprint density at radius 3 is 2.11 bits per heavy atom. The quantitative estimate of drug-likeness (QED) is 0.412. The fourth-order valence-electron chi connectivity index (χ4n) is 4.26. The van der Waals surface area contributed by atoms with Gasteiger partial charge in [0.2, 0.25) is 11.8 Å². The van der Waals surface area contributed by atoms with Crippen LogP contribution in [-0.2, 0) is 26.0 Å². The first-order chi connectivity index (χ1) is 17.7. The van der Waals surface area contributed by atoms with Crippen LogP contribution in [0.3, 0.4) is 0 Å². The molecule has 1 unspecified atom stereocenters. The van der Waals surface area contributed by atoms with E-state index in [2.05, 4.69) is 5.32 Å². The number of anilines is 1. The molecule has 0 spiro atoms. The molecule has 0 saturated heterocycles. The van der Waals surface area contributed by atoms with E-state index in [9.17, 15) is 18.0 Å². The van der Waals surface area contributed by atoms with E-state index in [0.29, 0.717) is 18.5 Å². The van der Waals surface area contributed by atoms with Crippen LogP contribution in [0.2, 0.25) is 0 Å². The minimum atomic E-state index is -4.06. The highest BCUT2D eigenvalue weighted by Crippen LogP contribution is 2.27. The standard InChI is InChI=1S/C29H35N3O4S/c1-5-26(29(34)30-4)31(20-19-24-12-7-6-8-13-24)28(33)21-32(27-14-10-9-11-23(27)3)37(35,36)25-17-15-22(2)16-18-25/h6-18,26H,5,19-21H2,1-4H3,(H,30,34). The molecule has 8 heteroatoms. The lowest BCUT2D eigenvalue weighted by Crippen LogP contribution is -2.52. The van der Waals surface area contributed by atoms with Gasteiger partial charge in [-0.3, -0.25) is 13.9 Å². The predicted octanol–water partition coefficient (Wildman–Crippen LogP) is 4.09. The van der Waals surface area contributed by atoms with Gasteiger partial charge in [0.25, 0.3) is 10.0 Å². The number of nitrogens with one attached hydrogen (secondary N) is 1. The van der Waals surface area contributed by atoms with Crippen molar-refractivity contribution < 1.29 is 18.0 Å². The van der Waals surface area contributed by atoms with Crippen molar-refractivity contribution in [2.75, 3.05) is 24.4 Å². The van der Waals surface area contributed by atoms with E-state index >= 15 is 0 Å². The van der Waals surface area contributed by atoms with Gasteiger partial charge in [-0.2, -0.15) is 0 Å². The maximum atomic E-state index is 13.9. The molecule has 3 aromatic rings. The van der Waals surface area contributed by atoms with Crippen LogP contribution in [-0.4, -0.2) is 51.3 Å². The summed E-state index contributed by atoms with van der Waals surface area (Å²) in [6.45, 7) is 5.38. The van der Waals surface area contributed by atoms with Gasteiger partial charge >= 0.3 is 0 Å². The number of carbonyl (C=O) groups excluding carboxylic acids is 2. The van der Waals surface area contributed by atoms with Crippen LogP contribution in [0.4, 0.5) is 5.69 Å². The van der Waals surface area contributed by atoms with Crippen LogP contribution < -0.4 is 9.62 Å². The number of likely N-dealkylation sites (N-methyl/N-ethyl adjacent to an activating group) is 1. The first-order valence-electron chi connectivity index (χ1n) is 12.4. The van der Waals surface area contributed by atoms with Crippen LogP contribution in [0, 0.1) is 13.8 Å². The summed E-state index contributed by atoms with van der Waals surface area (Å²) in [5.41, 5.74) is 3.10. The van der Waals surface area contributed by atoms with Crippen molar-refractivity contribution in [1.82, 2.24) is 10.2 Å². The number of hydrogen-bond donors (Lipinski definition) is 1. The van der Waals surface area contributed by atoms with Gasteiger partial charge in [-0.25, -0.2) is 8.42 Å². The third kappa shape index (κ3) is 6.77. The van der Waals surface area contributed by atoms with E-state index in [1.807, 2.05) is 63.2 Å². The normalized spacial score (nSPS) is 12.0. The van der Waals surface area contributed by atoms with Crippen molar-refractivity contribution in [3.63, 3.8) is 0 Å². The molecule has 37 heavy (non-hydrogen) atoms. The molecule has 1 N–H and O–H groups in total. The summed E-state index contributed by atoms with van der Waals surface area (Å²) in [6.07, 6.45) is 0.935. The maximum Gasteiger partial charge on any atom is 0.264 e. The number of para-hydroxylation sites is 1. The highest BCUT2D eigenvalue weighted by Gasteiger charge is 2.33. The van der Waals surface area contributed by atoms with E-state index in [-0.39, 0.29) is 17.3 Å². The Bertz CT molecular complexity index is 1310. The molecule has 1 atom stereocenters. The highest BCUT2D eigenvalue weighted by atomic mass is 32.2. The van der Waals surface area contributed by atoms with Gasteiger partial charge in [0, 0.05) is 13.6 Å². The minimum absolute atomic E-state index is 0.100. The van der Waals surface area contributed by atoms with Gasteiger partial charge in [0.05, 0.1) is 10.6 Å². The first-order valence-corrected chi connectivity index (χ1v) is 13.8. The predicted molar refractivity (Wildman–Crippen MR) is 147 cm³/mol. The lowest BCUT2D eigenvalue weighted by atomic mass is 10.1. The number of hydrogen-bond acceptors (Lipinski definition) is 4. The Morgan fingerprint density at radius 2 is 1.51 bits per heavy atom. The van der Waals surface area contributed by atoms with Crippen LogP contribution in [0.5, 0.6) is 0 Å². The summed E-state index contributed by atoms with van der Waals surface area (Å²) >= 11 is 0. The fourth-order valence-corrected chi connectivity index (χ4v) is 5.74. The second-order valence-electron chi connectivity index (χ2n) is 8.97. The van der Waals surface area contributed by atoms with Gasteiger partial charge in [-0.05, 0) is 56.0 Å². The molecule has 0 fully saturated rings. The Labute approximate surface area is 220 Å². The molecule has 7 nitrogen and oxygen atoms in total. The van der Waals surface area contributed by atoms with E-state index in [0.717, 1.165) is 21.0 Å². The average molecular weight is 522 g/mol. The molecular formula is C29H35N3O4S. The SMILES string of the molecule is CCC(C(=O)NC)N(CCc1ccccc1)C(=O)CN(c1ccccc1C)S(=O)(=O)c1ccc(C)cc1. The number of rotatable bonds is 11.